The summed E-state index contributed by atoms with van der Waals surface area (Å²) in [5.74, 6) is -1.71. The van der Waals surface area contributed by atoms with Gasteiger partial charge in [0.1, 0.15) is 11.5 Å². The van der Waals surface area contributed by atoms with E-state index in [0.717, 1.165) is 4.90 Å². The number of anilines is 2. The van der Waals surface area contributed by atoms with Crippen molar-refractivity contribution in [2.75, 3.05) is 22.9 Å². The van der Waals surface area contributed by atoms with E-state index in [2.05, 4.69) is 15.0 Å². The first kappa shape index (κ1) is 25.9. The number of benzene rings is 1. The number of aryl methyl sites for hydroxylation is 1. The first-order valence-electron chi connectivity index (χ1n) is 12.2. The van der Waals surface area contributed by atoms with Gasteiger partial charge in [-0.1, -0.05) is 6.07 Å². The Bertz CT molecular complexity index is 1650. The van der Waals surface area contributed by atoms with Crippen molar-refractivity contribution in [3.63, 3.8) is 0 Å². The number of hydrogen-bond donors (Lipinski definition) is 1. The molecule has 208 valence electrons. The first-order chi connectivity index (χ1) is 18.9. The third-order valence-corrected chi connectivity index (χ3v) is 7.13. The van der Waals surface area contributed by atoms with Crippen LogP contribution < -0.4 is 14.5 Å². The topological polar surface area (TPSA) is 96.1 Å². The van der Waals surface area contributed by atoms with Crippen molar-refractivity contribution in [2.45, 2.75) is 38.3 Å². The molecule has 5 heterocycles. The minimum absolute atomic E-state index is 0.00638. The Kier molecular flexibility index (Phi) is 5.73. The maximum atomic E-state index is 15.1. The molecular formula is C26H21F5N6O3. The number of alkyl halides is 3. The number of para-hydroxylation sites is 1. The Hall–Kier alpha value is -4.33. The minimum atomic E-state index is -4.78. The number of ether oxygens (including phenoxy) is 1. The number of carbonyl (C=O) groups excluding carboxylic acids is 1. The summed E-state index contributed by atoms with van der Waals surface area (Å²) in [5.41, 5.74) is -0.912. The highest BCUT2D eigenvalue weighted by molar-refractivity contribution is 5.99. The number of imidazole rings is 1. The number of nitrogens with zero attached hydrogens (tertiary/aromatic N) is 6. The Morgan fingerprint density at radius 1 is 1.15 bits per heavy atom. The molecule has 2 aliphatic heterocycles. The van der Waals surface area contributed by atoms with E-state index in [1.165, 1.54) is 48.6 Å². The van der Waals surface area contributed by atoms with E-state index in [1.54, 1.807) is 17.4 Å². The van der Waals surface area contributed by atoms with Crippen LogP contribution in [0.1, 0.15) is 18.3 Å². The zero-order valence-electron chi connectivity index (χ0n) is 21.1. The fourth-order valence-corrected chi connectivity index (χ4v) is 4.87. The number of fused-ring (bicyclic) bond motifs is 2. The molecular weight excluding hydrogens is 539 g/mol. The van der Waals surface area contributed by atoms with Crippen molar-refractivity contribution in [3.05, 3.63) is 65.9 Å². The molecule has 1 aromatic carbocycles. The van der Waals surface area contributed by atoms with Crippen LogP contribution in [0, 0.1) is 18.6 Å². The minimum Gasteiger partial charge on any atom is -0.476 e. The predicted octanol–water partition coefficient (Wildman–Crippen LogP) is 3.81. The van der Waals surface area contributed by atoms with Crippen LogP contribution in [-0.4, -0.2) is 61.3 Å². The molecule has 0 bridgehead atoms. The molecule has 0 radical (unpaired) electrons. The smallest absolute Gasteiger partial charge is 0.420 e. The molecule has 0 aliphatic carbocycles. The Balaban J connectivity index is 1.32. The van der Waals surface area contributed by atoms with Crippen molar-refractivity contribution in [2.24, 2.45) is 0 Å². The molecule has 6 rings (SSSR count). The molecule has 40 heavy (non-hydrogen) atoms. The van der Waals surface area contributed by atoms with Gasteiger partial charge in [0.15, 0.2) is 23.3 Å². The quantitative estimate of drug-likeness (QED) is 0.380. The van der Waals surface area contributed by atoms with E-state index in [1.807, 2.05) is 0 Å². The largest absolute Gasteiger partial charge is 0.476 e. The van der Waals surface area contributed by atoms with Crippen LogP contribution in [0.25, 0.3) is 16.8 Å². The van der Waals surface area contributed by atoms with Gasteiger partial charge < -0.3 is 19.1 Å². The number of aliphatic hydroxyl groups is 1. The molecule has 2 aliphatic rings. The maximum Gasteiger partial charge on any atom is 0.420 e. The van der Waals surface area contributed by atoms with Crippen LogP contribution in [0.4, 0.5) is 33.6 Å². The van der Waals surface area contributed by atoms with Crippen LogP contribution in [0.15, 0.2) is 42.9 Å². The molecule has 14 heteroatoms. The number of hydrogen-bond acceptors (Lipinski definition) is 7. The molecule has 9 nitrogen and oxygen atoms in total. The molecule has 1 saturated heterocycles. The number of β-amino-alcohol motifs (C(OH)–C–C–N with tert-alkyl or cyclic N) is 1. The van der Waals surface area contributed by atoms with E-state index in [0.29, 0.717) is 11.4 Å². The highest BCUT2D eigenvalue weighted by Crippen LogP contribution is 2.40. The fraction of sp³-hybridized carbons (Fsp3) is 0.308. The third-order valence-electron chi connectivity index (χ3n) is 7.13. The summed E-state index contributed by atoms with van der Waals surface area (Å²) in [6, 6.07) is 5.48. The highest BCUT2D eigenvalue weighted by atomic mass is 19.4. The number of halogens is 5. The third kappa shape index (κ3) is 4.01. The van der Waals surface area contributed by atoms with Gasteiger partial charge in [0, 0.05) is 35.8 Å². The van der Waals surface area contributed by atoms with Gasteiger partial charge in [0.05, 0.1) is 36.7 Å². The summed E-state index contributed by atoms with van der Waals surface area (Å²) in [7, 11) is 0. The zero-order chi connectivity index (χ0) is 28.6. The Labute approximate surface area is 223 Å². The predicted molar refractivity (Wildman–Crippen MR) is 132 cm³/mol. The standard InChI is InChI=1S/C26H21F5N6O3/c1-13-20(10-37-19-5-3-4-17(27)22(19)40-14(2)23(37)38)36-9-16(18(28)6-21(36)34-13)15-7-32-24(33-8-15)35-11-25(39,12-35)26(29,30)31/h3-9,14,39H,10-12H2,1-2H3/t14-/m1/s1. The number of carbonyl (C=O) groups is 1. The van der Waals surface area contributed by atoms with E-state index in [4.69, 9.17) is 4.74 Å². The normalized spacial score (nSPS) is 18.5. The van der Waals surface area contributed by atoms with Crippen LogP contribution in [0.2, 0.25) is 0 Å². The van der Waals surface area contributed by atoms with Crippen molar-refractivity contribution in [3.8, 4) is 16.9 Å². The van der Waals surface area contributed by atoms with Gasteiger partial charge in [-0.15, -0.1) is 0 Å². The second kappa shape index (κ2) is 8.84. The van der Waals surface area contributed by atoms with Crippen LogP contribution in [0.3, 0.4) is 0 Å². The molecule has 0 unspecified atom stereocenters. The van der Waals surface area contributed by atoms with Crippen LogP contribution in [-0.2, 0) is 11.3 Å². The van der Waals surface area contributed by atoms with Crippen LogP contribution >= 0.6 is 0 Å². The number of aromatic nitrogens is 4. The Morgan fingerprint density at radius 2 is 1.85 bits per heavy atom. The summed E-state index contributed by atoms with van der Waals surface area (Å²) in [6.07, 6.45) is -1.69. The molecule has 1 atom stereocenters. The average Bonchev–Trinajstić information content (AvgIpc) is 3.17. The molecule has 0 spiro atoms. The van der Waals surface area contributed by atoms with E-state index in [9.17, 15) is 27.5 Å². The van der Waals surface area contributed by atoms with E-state index in [-0.39, 0.29) is 46.6 Å². The molecule has 1 fully saturated rings. The maximum absolute atomic E-state index is 15.1. The number of rotatable bonds is 4. The van der Waals surface area contributed by atoms with Gasteiger partial charge in [-0.3, -0.25) is 9.69 Å². The first-order valence-corrected chi connectivity index (χ1v) is 12.2. The highest BCUT2D eigenvalue weighted by Gasteiger charge is 2.61. The van der Waals surface area contributed by atoms with E-state index >= 15 is 4.39 Å². The molecule has 4 aromatic rings. The van der Waals surface area contributed by atoms with Gasteiger partial charge in [-0.2, -0.15) is 13.2 Å². The summed E-state index contributed by atoms with van der Waals surface area (Å²) in [6.45, 7) is 1.80. The Morgan fingerprint density at radius 3 is 2.52 bits per heavy atom. The zero-order valence-corrected chi connectivity index (χ0v) is 21.1. The van der Waals surface area contributed by atoms with Gasteiger partial charge in [-0.05, 0) is 26.0 Å². The van der Waals surface area contributed by atoms with Crippen molar-refractivity contribution in [1.82, 2.24) is 19.4 Å². The lowest BCUT2D eigenvalue weighted by Gasteiger charge is -2.46. The lowest BCUT2D eigenvalue weighted by Crippen LogP contribution is -2.69. The summed E-state index contributed by atoms with van der Waals surface area (Å²) in [4.78, 5) is 28.1. The number of pyridine rings is 1. The van der Waals surface area contributed by atoms with Gasteiger partial charge in [0.25, 0.3) is 5.91 Å². The summed E-state index contributed by atoms with van der Waals surface area (Å²) < 4.78 is 75.4. The van der Waals surface area contributed by atoms with Crippen molar-refractivity contribution < 1.29 is 36.6 Å². The molecule has 3 aromatic heterocycles. The average molecular weight is 560 g/mol. The molecule has 0 saturated carbocycles. The van der Waals surface area contributed by atoms with E-state index < -0.39 is 42.6 Å². The molecule has 1 N–H and O–H groups in total. The monoisotopic (exact) mass is 560 g/mol. The molecule has 1 amide bonds. The number of amides is 1. The van der Waals surface area contributed by atoms with Crippen molar-refractivity contribution in [1.29, 1.82) is 0 Å². The van der Waals surface area contributed by atoms with Gasteiger partial charge >= 0.3 is 6.18 Å². The van der Waals surface area contributed by atoms with Gasteiger partial charge in [0.2, 0.25) is 5.95 Å². The lowest BCUT2D eigenvalue weighted by atomic mass is 9.94. The van der Waals surface area contributed by atoms with Crippen LogP contribution in [0.5, 0.6) is 5.75 Å². The summed E-state index contributed by atoms with van der Waals surface area (Å²) >= 11 is 0. The van der Waals surface area contributed by atoms with Crippen molar-refractivity contribution >= 4 is 23.2 Å². The fourth-order valence-electron chi connectivity index (χ4n) is 4.87. The lowest BCUT2D eigenvalue weighted by molar-refractivity contribution is -0.267. The van der Waals surface area contributed by atoms with Gasteiger partial charge in [-0.25, -0.2) is 23.7 Å². The second-order valence-electron chi connectivity index (χ2n) is 9.84. The SMILES string of the molecule is Cc1nc2cc(F)c(-c3cnc(N4CC(O)(C(F)(F)F)C4)nc3)cn2c1CN1C(=O)[C@@H](C)Oc2c(F)cccc21. The second-order valence-corrected chi connectivity index (χ2v) is 9.84. The summed E-state index contributed by atoms with van der Waals surface area (Å²) in [5, 5.41) is 9.66.